The highest BCUT2D eigenvalue weighted by Crippen LogP contribution is 2.21. The lowest BCUT2D eigenvalue weighted by Gasteiger charge is -2.01. The van der Waals surface area contributed by atoms with Crippen molar-refractivity contribution in [3.05, 3.63) is 58.4 Å². The third-order valence-corrected chi connectivity index (χ3v) is 2.45. The van der Waals surface area contributed by atoms with Crippen LogP contribution in [0.1, 0.15) is 12.0 Å². The predicted octanol–water partition coefficient (Wildman–Crippen LogP) is 2.71. The fraction of sp³-hybridized carbons (Fsp3) is 0.0769. The predicted molar refractivity (Wildman–Crippen MR) is 69.5 cm³/mol. The number of allylic oxidation sites excluding steroid dienone is 1. The molecule has 1 aromatic carbocycles. The Labute approximate surface area is 109 Å². The zero-order valence-corrected chi connectivity index (χ0v) is 9.93. The van der Waals surface area contributed by atoms with Crippen molar-refractivity contribution in [3.8, 4) is 11.8 Å². The van der Waals surface area contributed by atoms with Gasteiger partial charge in [-0.2, -0.15) is 10.4 Å². The van der Waals surface area contributed by atoms with E-state index in [1.807, 2.05) is 6.07 Å². The molecule has 2 rings (SSSR count). The first-order valence-electron chi connectivity index (χ1n) is 5.54. The highest BCUT2D eigenvalue weighted by atomic mass is 16.6. The summed E-state index contributed by atoms with van der Waals surface area (Å²) in [4.78, 5) is 10.5. The van der Waals surface area contributed by atoms with Crippen LogP contribution in [0.3, 0.4) is 0 Å². The van der Waals surface area contributed by atoms with Crippen LogP contribution in [-0.2, 0) is 0 Å². The Morgan fingerprint density at radius 1 is 1.47 bits per heavy atom. The van der Waals surface area contributed by atoms with E-state index in [0.29, 0.717) is 12.1 Å². The summed E-state index contributed by atoms with van der Waals surface area (Å²) in [7, 11) is 0. The van der Waals surface area contributed by atoms with Crippen molar-refractivity contribution in [1.82, 2.24) is 9.78 Å². The maximum Gasteiger partial charge on any atom is 0.294 e. The van der Waals surface area contributed by atoms with Crippen molar-refractivity contribution in [1.29, 1.82) is 5.26 Å². The zero-order valence-electron chi connectivity index (χ0n) is 9.93. The van der Waals surface area contributed by atoms with Gasteiger partial charge >= 0.3 is 0 Å². The van der Waals surface area contributed by atoms with Crippen LogP contribution in [-0.4, -0.2) is 14.7 Å². The van der Waals surface area contributed by atoms with Gasteiger partial charge in [0.15, 0.2) is 0 Å². The van der Waals surface area contributed by atoms with Gasteiger partial charge in [0, 0.05) is 17.8 Å². The van der Waals surface area contributed by atoms with E-state index < -0.39 is 4.92 Å². The largest absolute Gasteiger partial charge is 0.294 e. The Balaban J connectivity index is 2.34. The van der Waals surface area contributed by atoms with Gasteiger partial charge in [-0.25, -0.2) is 4.68 Å². The average Bonchev–Trinajstić information content (AvgIpc) is 2.88. The van der Waals surface area contributed by atoms with Crippen molar-refractivity contribution >= 4 is 11.8 Å². The number of hydrogen-bond donors (Lipinski definition) is 0. The van der Waals surface area contributed by atoms with Crippen LogP contribution in [0.2, 0.25) is 0 Å². The highest BCUT2D eigenvalue weighted by Gasteiger charge is 2.14. The summed E-state index contributed by atoms with van der Waals surface area (Å²) in [5.74, 6) is 0. The lowest BCUT2D eigenvalue weighted by molar-refractivity contribution is -0.384. The first-order chi connectivity index (χ1) is 9.22. The molecule has 0 N–H and O–H groups in total. The molecule has 19 heavy (non-hydrogen) atoms. The normalized spacial score (nSPS) is 10.5. The van der Waals surface area contributed by atoms with Gasteiger partial charge in [-0.05, 0) is 6.07 Å². The molecule has 94 valence electrons. The number of rotatable bonds is 4. The molecule has 0 aliphatic carbocycles. The Hall–Kier alpha value is -2.94. The van der Waals surface area contributed by atoms with Crippen molar-refractivity contribution in [2.75, 3.05) is 0 Å². The molecule has 0 amide bonds. The summed E-state index contributed by atoms with van der Waals surface area (Å²) in [5, 5.41) is 23.4. The molecule has 0 atom stereocenters. The fourth-order valence-electron chi connectivity index (χ4n) is 1.61. The topological polar surface area (TPSA) is 84.8 Å². The second-order valence-corrected chi connectivity index (χ2v) is 3.73. The number of nitriles is 1. The Morgan fingerprint density at radius 3 is 3.00 bits per heavy atom. The quantitative estimate of drug-likeness (QED) is 0.620. The number of nitro benzene ring substituents is 1. The third-order valence-electron chi connectivity index (χ3n) is 2.45. The van der Waals surface area contributed by atoms with E-state index in [-0.39, 0.29) is 5.69 Å². The maximum absolute atomic E-state index is 10.9. The van der Waals surface area contributed by atoms with Gasteiger partial charge < -0.3 is 0 Å². The molecule has 0 unspecified atom stereocenters. The van der Waals surface area contributed by atoms with Crippen molar-refractivity contribution < 1.29 is 4.92 Å². The second kappa shape index (κ2) is 5.60. The van der Waals surface area contributed by atoms with E-state index in [0.717, 1.165) is 5.56 Å². The molecule has 0 fully saturated rings. The second-order valence-electron chi connectivity index (χ2n) is 3.73. The zero-order chi connectivity index (χ0) is 13.7. The summed E-state index contributed by atoms with van der Waals surface area (Å²) in [5.41, 5.74) is 1.19. The van der Waals surface area contributed by atoms with Gasteiger partial charge in [0.05, 0.1) is 23.6 Å². The van der Waals surface area contributed by atoms with Crippen LogP contribution in [0.15, 0.2) is 42.7 Å². The number of benzene rings is 1. The Morgan fingerprint density at radius 2 is 2.26 bits per heavy atom. The minimum absolute atomic E-state index is 0.00171. The summed E-state index contributed by atoms with van der Waals surface area (Å²) in [6, 6.07) is 8.39. The minimum Gasteiger partial charge on any atom is -0.258 e. The molecule has 0 bridgehead atoms. The van der Waals surface area contributed by atoms with Crippen LogP contribution in [0.4, 0.5) is 5.69 Å². The molecule has 2 aromatic rings. The number of nitro groups is 1. The van der Waals surface area contributed by atoms with E-state index in [4.69, 9.17) is 5.26 Å². The Bertz CT molecular complexity index is 667. The molecule has 0 saturated heterocycles. The van der Waals surface area contributed by atoms with Crippen LogP contribution in [0, 0.1) is 21.4 Å². The van der Waals surface area contributed by atoms with Crippen LogP contribution in [0.5, 0.6) is 0 Å². The summed E-state index contributed by atoms with van der Waals surface area (Å²) >= 11 is 0. The molecule has 0 spiro atoms. The first-order valence-corrected chi connectivity index (χ1v) is 5.54. The van der Waals surface area contributed by atoms with E-state index in [1.165, 1.54) is 10.7 Å². The molecular formula is C13H10N4O2. The van der Waals surface area contributed by atoms with Crippen molar-refractivity contribution in [2.45, 2.75) is 6.42 Å². The van der Waals surface area contributed by atoms with Crippen molar-refractivity contribution in [3.63, 3.8) is 0 Å². The van der Waals surface area contributed by atoms with Crippen LogP contribution >= 0.6 is 0 Å². The number of hydrogen-bond acceptors (Lipinski definition) is 4. The molecule has 6 heteroatoms. The van der Waals surface area contributed by atoms with Gasteiger partial charge in [-0.1, -0.05) is 24.3 Å². The summed E-state index contributed by atoms with van der Waals surface area (Å²) in [6.07, 6.45) is 7.04. The van der Waals surface area contributed by atoms with E-state index in [2.05, 4.69) is 5.10 Å². The van der Waals surface area contributed by atoms with Crippen LogP contribution in [0.25, 0.3) is 11.8 Å². The lowest BCUT2D eigenvalue weighted by atomic mass is 10.2. The first kappa shape index (κ1) is 12.5. The highest BCUT2D eigenvalue weighted by molar-refractivity contribution is 5.54. The van der Waals surface area contributed by atoms with Gasteiger partial charge in [-0.15, -0.1) is 0 Å². The molecular weight excluding hydrogens is 244 g/mol. The van der Waals surface area contributed by atoms with E-state index in [9.17, 15) is 10.1 Å². The number of para-hydroxylation sites is 2. The Kier molecular flexibility index (Phi) is 3.69. The summed E-state index contributed by atoms with van der Waals surface area (Å²) in [6.45, 7) is 0. The van der Waals surface area contributed by atoms with E-state index >= 15 is 0 Å². The monoisotopic (exact) mass is 254 g/mol. The standard InChI is InChI=1S/C13H10N4O2/c14-8-4-3-5-11-9-15-16(10-11)12-6-1-2-7-13(12)17(18)19/h1-3,5-7,9-10H,4H2. The number of nitrogens with zero attached hydrogens (tertiary/aromatic N) is 4. The maximum atomic E-state index is 10.9. The van der Waals surface area contributed by atoms with E-state index in [1.54, 1.807) is 42.7 Å². The van der Waals surface area contributed by atoms with Crippen molar-refractivity contribution in [2.24, 2.45) is 0 Å². The average molecular weight is 254 g/mol. The molecule has 0 radical (unpaired) electrons. The lowest BCUT2D eigenvalue weighted by Crippen LogP contribution is -1.99. The minimum atomic E-state index is -0.442. The third kappa shape index (κ3) is 2.84. The molecule has 6 nitrogen and oxygen atoms in total. The summed E-state index contributed by atoms with van der Waals surface area (Å²) < 4.78 is 1.45. The fourth-order valence-corrected chi connectivity index (χ4v) is 1.61. The molecule has 0 saturated carbocycles. The molecule has 1 aromatic heterocycles. The number of aromatic nitrogens is 2. The molecule has 0 aliphatic heterocycles. The van der Waals surface area contributed by atoms with Crippen LogP contribution < -0.4 is 0 Å². The molecule has 1 heterocycles. The SMILES string of the molecule is N#CCC=Cc1cnn(-c2ccccc2[N+](=O)[O-])c1. The smallest absolute Gasteiger partial charge is 0.258 e. The molecule has 0 aliphatic rings. The van der Waals surface area contributed by atoms with Gasteiger partial charge in [0.2, 0.25) is 0 Å². The van der Waals surface area contributed by atoms with Gasteiger partial charge in [-0.3, -0.25) is 10.1 Å². The van der Waals surface area contributed by atoms with Gasteiger partial charge in [0.25, 0.3) is 5.69 Å². The van der Waals surface area contributed by atoms with Gasteiger partial charge in [0.1, 0.15) is 5.69 Å².